The van der Waals surface area contributed by atoms with E-state index in [9.17, 15) is 4.79 Å². The number of ether oxygens (including phenoxy) is 2. The zero-order valence-electron chi connectivity index (χ0n) is 18.5. The number of hydrogen-bond acceptors (Lipinski definition) is 6. The number of nitrogens with zero attached hydrogens (tertiary/aromatic N) is 3. The fraction of sp³-hybridized carbons (Fsp3) is 0.240. The van der Waals surface area contributed by atoms with Crippen LogP contribution < -0.4 is 14.4 Å². The van der Waals surface area contributed by atoms with Gasteiger partial charge in [-0.05, 0) is 47.4 Å². The van der Waals surface area contributed by atoms with Crippen LogP contribution >= 0.6 is 11.3 Å². The number of fused-ring (bicyclic) bond motifs is 1. The van der Waals surface area contributed by atoms with E-state index in [1.807, 2.05) is 24.3 Å². The third-order valence-electron chi connectivity index (χ3n) is 5.23. The molecule has 164 valence electrons. The van der Waals surface area contributed by atoms with Crippen LogP contribution in [0, 0.1) is 0 Å². The van der Waals surface area contributed by atoms with Crippen LogP contribution in [0.5, 0.6) is 11.5 Å². The molecule has 0 saturated carbocycles. The first kappa shape index (κ1) is 21.8. The van der Waals surface area contributed by atoms with Gasteiger partial charge in [0, 0.05) is 18.0 Å². The van der Waals surface area contributed by atoms with Gasteiger partial charge in [0.15, 0.2) is 16.6 Å². The summed E-state index contributed by atoms with van der Waals surface area (Å²) in [5.74, 6) is 1.25. The number of carbonyl (C=O) groups is 1. The molecular weight excluding hydrogens is 422 g/mol. The highest BCUT2D eigenvalue weighted by Gasteiger charge is 2.24. The van der Waals surface area contributed by atoms with E-state index in [1.165, 1.54) is 16.9 Å². The molecule has 1 amide bonds. The number of aromatic nitrogens is 2. The summed E-state index contributed by atoms with van der Waals surface area (Å²) in [6, 6.07) is 15.2. The van der Waals surface area contributed by atoms with Crippen LogP contribution in [0.4, 0.5) is 5.13 Å². The Kier molecular flexibility index (Phi) is 6.37. The summed E-state index contributed by atoms with van der Waals surface area (Å²) in [6.45, 7) is 4.66. The summed E-state index contributed by atoms with van der Waals surface area (Å²) < 4.78 is 11.8. The van der Waals surface area contributed by atoms with E-state index in [-0.39, 0.29) is 5.91 Å². The van der Waals surface area contributed by atoms with Crippen LogP contribution in [0.1, 0.15) is 41.3 Å². The zero-order chi connectivity index (χ0) is 22.7. The lowest BCUT2D eigenvalue weighted by Crippen LogP contribution is -2.30. The van der Waals surface area contributed by atoms with Gasteiger partial charge in [0.2, 0.25) is 0 Å². The van der Waals surface area contributed by atoms with Gasteiger partial charge < -0.3 is 9.47 Å². The Morgan fingerprint density at radius 3 is 2.56 bits per heavy atom. The highest BCUT2D eigenvalue weighted by atomic mass is 32.1. The first-order valence-electron chi connectivity index (χ1n) is 10.3. The number of hydrogen-bond donors (Lipinski definition) is 0. The van der Waals surface area contributed by atoms with Crippen molar-refractivity contribution in [3.05, 3.63) is 77.6 Å². The maximum Gasteiger partial charge on any atom is 0.260 e. The first-order chi connectivity index (χ1) is 15.5. The third-order valence-corrected chi connectivity index (χ3v) is 6.27. The lowest BCUT2D eigenvalue weighted by atomic mass is 10.0. The Morgan fingerprint density at radius 1 is 1.06 bits per heavy atom. The lowest BCUT2D eigenvalue weighted by Gasteiger charge is -2.20. The molecule has 0 radical (unpaired) electrons. The second-order valence-electron chi connectivity index (χ2n) is 7.67. The Bertz CT molecular complexity index is 1240. The molecule has 2 heterocycles. The summed E-state index contributed by atoms with van der Waals surface area (Å²) >= 11 is 1.51. The summed E-state index contributed by atoms with van der Waals surface area (Å²) in [7, 11) is 3.13. The Labute approximate surface area is 191 Å². The Balaban J connectivity index is 1.80. The van der Waals surface area contributed by atoms with E-state index in [1.54, 1.807) is 49.7 Å². The molecule has 0 fully saturated rings. The molecule has 7 heteroatoms. The molecule has 0 atom stereocenters. The van der Waals surface area contributed by atoms with Crippen molar-refractivity contribution in [3.63, 3.8) is 0 Å². The predicted molar refractivity (Wildman–Crippen MR) is 128 cm³/mol. The number of amides is 1. The fourth-order valence-corrected chi connectivity index (χ4v) is 4.56. The van der Waals surface area contributed by atoms with Crippen molar-refractivity contribution < 1.29 is 14.3 Å². The summed E-state index contributed by atoms with van der Waals surface area (Å²) in [6.07, 6.45) is 3.48. The second-order valence-corrected chi connectivity index (χ2v) is 8.68. The largest absolute Gasteiger partial charge is 0.493 e. The molecule has 0 aliphatic heterocycles. The van der Waals surface area contributed by atoms with Gasteiger partial charge in [0.1, 0.15) is 0 Å². The maximum atomic E-state index is 13.7. The van der Waals surface area contributed by atoms with Crippen LogP contribution in [0.15, 0.2) is 60.9 Å². The highest BCUT2D eigenvalue weighted by molar-refractivity contribution is 7.22. The number of para-hydroxylation sites is 1. The zero-order valence-corrected chi connectivity index (χ0v) is 19.3. The molecule has 2 aromatic heterocycles. The van der Waals surface area contributed by atoms with E-state index in [0.29, 0.717) is 34.7 Å². The van der Waals surface area contributed by atoms with Crippen LogP contribution in [-0.2, 0) is 6.54 Å². The molecule has 0 aliphatic carbocycles. The summed E-state index contributed by atoms with van der Waals surface area (Å²) in [5, 5.41) is 0.650. The minimum absolute atomic E-state index is 0.167. The van der Waals surface area contributed by atoms with E-state index in [4.69, 9.17) is 14.5 Å². The smallest absolute Gasteiger partial charge is 0.260 e. The quantitative estimate of drug-likeness (QED) is 0.365. The minimum Gasteiger partial charge on any atom is -0.493 e. The van der Waals surface area contributed by atoms with Crippen LogP contribution in [0.25, 0.3) is 10.2 Å². The van der Waals surface area contributed by atoms with Crippen LogP contribution in [0.3, 0.4) is 0 Å². The van der Waals surface area contributed by atoms with Gasteiger partial charge in [-0.3, -0.25) is 14.7 Å². The molecule has 4 rings (SSSR count). The molecule has 0 saturated heterocycles. The van der Waals surface area contributed by atoms with Gasteiger partial charge >= 0.3 is 0 Å². The van der Waals surface area contributed by atoms with Crippen LogP contribution in [-0.4, -0.2) is 30.1 Å². The molecule has 32 heavy (non-hydrogen) atoms. The molecule has 0 bridgehead atoms. The molecule has 6 nitrogen and oxygen atoms in total. The lowest BCUT2D eigenvalue weighted by molar-refractivity contribution is 0.0984. The number of anilines is 1. The Morgan fingerprint density at radius 2 is 1.88 bits per heavy atom. The molecule has 0 N–H and O–H groups in total. The monoisotopic (exact) mass is 447 g/mol. The van der Waals surface area contributed by atoms with E-state index in [0.717, 1.165) is 15.8 Å². The van der Waals surface area contributed by atoms with E-state index >= 15 is 0 Å². The predicted octanol–water partition coefficient (Wildman–Crippen LogP) is 5.68. The minimum atomic E-state index is -0.167. The molecular formula is C25H25N3O3S. The van der Waals surface area contributed by atoms with Crippen LogP contribution in [0.2, 0.25) is 0 Å². The fourth-order valence-electron chi connectivity index (χ4n) is 3.57. The van der Waals surface area contributed by atoms with Crippen molar-refractivity contribution in [2.45, 2.75) is 26.3 Å². The van der Waals surface area contributed by atoms with Gasteiger partial charge in [-0.15, -0.1) is 0 Å². The molecule has 2 aromatic carbocycles. The second kappa shape index (κ2) is 9.36. The van der Waals surface area contributed by atoms with Gasteiger partial charge in [-0.25, -0.2) is 4.98 Å². The molecule has 0 aliphatic rings. The van der Waals surface area contributed by atoms with Gasteiger partial charge in [0.05, 0.1) is 31.0 Å². The number of rotatable bonds is 7. The average molecular weight is 448 g/mol. The standard InChI is InChI=1S/C25H25N3O3S/c1-16(2)19-8-5-9-22-23(19)27-25(32-22)28(15-17-7-6-12-26-14-17)24(29)18-10-11-20(30-3)21(13-18)31-4/h5-14,16H,15H2,1-4H3. The highest BCUT2D eigenvalue weighted by Crippen LogP contribution is 2.35. The van der Waals surface area contributed by atoms with Gasteiger partial charge in [-0.1, -0.05) is 43.4 Å². The third kappa shape index (κ3) is 4.29. The van der Waals surface area contributed by atoms with Crippen molar-refractivity contribution in [1.82, 2.24) is 9.97 Å². The van der Waals surface area contributed by atoms with Gasteiger partial charge in [0.25, 0.3) is 5.91 Å². The van der Waals surface area contributed by atoms with E-state index in [2.05, 4.69) is 24.9 Å². The number of benzene rings is 2. The summed E-state index contributed by atoms with van der Waals surface area (Å²) in [5.41, 5.74) is 3.53. The average Bonchev–Trinajstić information content (AvgIpc) is 3.26. The molecule has 0 unspecified atom stereocenters. The summed E-state index contributed by atoms with van der Waals surface area (Å²) in [4.78, 5) is 24.5. The van der Waals surface area contributed by atoms with Crippen molar-refractivity contribution in [2.75, 3.05) is 19.1 Å². The van der Waals surface area contributed by atoms with Crippen molar-refractivity contribution in [1.29, 1.82) is 0 Å². The van der Waals surface area contributed by atoms with Crippen molar-refractivity contribution in [3.8, 4) is 11.5 Å². The maximum absolute atomic E-state index is 13.7. The Hall–Kier alpha value is -3.45. The number of carbonyl (C=O) groups excluding carboxylic acids is 1. The topological polar surface area (TPSA) is 64.5 Å². The first-order valence-corrected chi connectivity index (χ1v) is 11.2. The number of thiazole rings is 1. The SMILES string of the molecule is COc1ccc(C(=O)N(Cc2cccnc2)c2nc3c(C(C)C)cccc3s2)cc1OC. The van der Waals surface area contributed by atoms with Crippen molar-refractivity contribution in [2.24, 2.45) is 0 Å². The molecule has 4 aromatic rings. The number of pyridine rings is 1. The van der Waals surface area contributed by atoms with Gasteiger partial charge in [-0.2, -0.15) is 0 Å². The molecule has 0 spiro atoms. The van der Waals surface area contributed by atoms with Crippen molar-refractivity contribution >= 4 is 32.6 Å². The number of methoxy groups -OCH3 is 2. The normalized spacial score (nSPS) is 11.0. The van der Waals surface area contributed by atoms with E-state index < -0.39 is 0 Å².